The molecule has 0 aliphatic rings. The van der Waals surface area contributed by atoms with Crippen LogP contribution in [0.1, 0.15) is 18.2 Å². The molecule has 2 aromatic heterocycles. The van der Waals surface area contributed by atoms with Crippen LogP contribution < -0.4 is 10.6 Å². The van der Waals surface area contributed by atoms with Gasteiger partial charge in [-0.05, 0) is 36.4 Å². The van der Waals surface area contributed by atoms with Crippen molar-refractivity contribution >= 4 is 22.8 Å². The van der Waals surface area contributed by atoms with Gasteiger partial charge in [-0.2, -0.15) is 8.78 Å². The van der Waals surface area contributed by atoms with Gasteiger partial charge in [0.1, 0.15) is 24.0 Å². The number of hydrogen-bond acceptors (Lipinski definition) is 6. The van der Waals surface area contributed by atoms with Crippen molar-refractivity contribution in [2.45, 2.75) is 24.1 Å². The number of alkyl halides is 2. The summed E-state index contributed by atoms with van der Waals surface area (Å²) < 4.78 is 47.5. The molecular formula is C18H15F3N6OS. The van der Waals surface area contributed by atoms with Gasteiger partial charge in [0.15, 0.2) is 5.82 Å². The van der Waals surface area contributed by atoms with Crippen LogP contribution in [0.2, 0.25) is 0 Å². The predicted octanol–water partition coefficient (Wildman–Crippen LogP) is 3.75. The lowest BCUT2D eigenvalue weighted by Crippen LogP contribution is -2.16. The Labute approximate surface area is 167 Å². The fraction of sp³-hybridized carbons (Fsp3) is 0.167. The number of nitrogen functional groups attached to an aromatic ring is 1. The normalized spacial score (nSPS) is 11.4. The van der Waals surface area contributed by atoms with Crippen LogP contribution in [-0.2, 0) is 12.4 Å². The molecule has 2 N–H and O–H groups in total. The minimum atomic E-state index is -2.71. The average molecular weight is 420 g/mol. The molecule has 0 aliphatic carbocycles. The number of aromatic nitrogens is 5. The summed E-state index contributed by atoms with van der Waals surface area (Å²) in [5.74, 6) is 6.74. The number of fused-ring (bicyclic) bond motifs is 1. The van der Waals surface area contributed by atoms with E-state index in [0.717, 1.165) is 16.3 Å². The Bertz CT molecular complexity index is 1130. The topological polar surface area (TPSA) is 83.8 Å². The van der Waals surface area contributed by atoms with Crippen molar-refractivity contribution < 1.29 is 17.9 Å². The second-order valence-corrected chi connectivity index (χ2v) is 6.91. The van der Waals surface area contributed by atoms with Gasteiger partial charge in [-0.3, -0.25) is 4.57 Å². The molecule has 2 aromatic carbocycles. The first-order chi connectivity index (χ1) is 14.0. The van der Waals surface area contributed by atoms with Gasteiger partial charge in [0.2, 0.25) is 5.16 Å². The van der Waals surface area contributed by atoms with Crippen LogP contribution in [-0.4, -0.2) is 24.4 Å². The number of imidazole rings is 1. The van der Waals surface area contributed by atoms with Gasteiger partial charge in [-0.25, -0.2) is 14.1 Å². The van der Waals surface area contributed by atoms with E-state index in [1.807, 2.05) is 0 Å². The molecule has 2 heterocycles. The lowest BCUT2D eigenvalue weighted by molar-refractivity contribution is 0.0722. The molecule has 11 heteroatoms. The third-order valence-corrected chi connectivity index (χ3v) is 5.05. The molecule has 4 aromatic rings. The molecule has 0 bridgehead atoms. The van der Waals surface area contributed by atoms with Crippen LogP contribution in [0.5, 0.6) is 5.75 Å². The Morgan fingerprint density at radius 2 is 1.79 bits per heavy atom. The number of halogens is 3. The van der Waals surface area contributed by atoms with E-state index in [9.17, 15) is 13.2 Å². The zero-order chi connectivity index (χ0) is 20.4. The van der Waals surface area contributed by atoms with Crippen LogP contribution >= 0.6 is 11.8 Å². The van der Waals surface area contributed by atoms with Gasteiger partial charge in [0.05, 0.1) is 16.8 Å². The fourth-order valence-electron chi connectivity index (χ4n) is 2.73. The summed E-state index contributed by atoms with van der Waals surface area (Å²) in [4.78, 5) is 4.28. The Morgan fingerprint density at radius 3 is 2.55 bits per heavy atom. The maximum Gasteiger partial charge on any atom is 0.320 e. The van der Waals surface area contributed by atoms with Gasteiger partial charge in [-0.1, -0.05) is 23.9 Å². The summed E-state index contributed by atoms with van der Waals surface area (Å²) in [5, 5.41) is 8.25. The van der Waals surface area contributed by atoms with E-state index in [1.54, 1.807) is 24.3 Å². The van der Waals surface area contributed by atoms with Crippen LogP contribution in [0.25, 0.3) is 11.0 Å². The largest absolute Gasteiger partial charge is 0.486 e. The first kappa shape index (κ1) is 19.1. The van der Waals surface area contributed by atoms with E-state index in [-0.39, 0.29) is 24.0 Å². The number of benzene rings is 2. The molecule has 0 amide bonds. The average Bonchev–Trinajstić information content (AvgIpc) is 3.26. The third kappa shape index (κ3) is 3.99. The molecule has 4 rings (SSSR count). The standard InChI is InChI=1S/C18H15F3N6OS/c19-11-5-7-12(8-6-11)28-9-15-24-25-18(27(15)22)29-10-16-23-13-3-1-2-4-14(13)26(16)17(20)21/h1-8,17H,9-10,22H2. The molecule has 0 aliphatic heterocycles. The Kier molecular flexibility index (Phi) is 5.30. The Morgan fingerprint density at radius 1 is 1.03 bits per heavy atom. The van der Waals surface area contributed by atoms with Gasteiger partial charge in [0.25, 0.3) is 0 Å². The van der Waals surface area contributed by atoms with E-state index in [1.165, 1.54) is 28.9 Å². The third-order valence-electron chi connectivity index (χ3n) is 4.11. The van der Waals surface area contributed by atoms with Crippen LogP contribution in [0.4, 0.5) is 13.2 Å². The SMILES string of the molecule is Nn1c(COc2ccc(F)cc2)nnc1SCc1nc2ccccc2n1C(F)F. The molecular weight excluding hydrogens is 405 g/mol. The molecule has 0 fully saturated rings. The summed E-state index contributed by atoms with van der Waals surface area (Å²) in [6.07, 6.45) is 0. The fourth-order valence-corrected chi connectivity index (χ4v) is 3.53. The monoisotopic (exact) mass is 420 g/mol. The maximum atomic E-state index is 13.5. The highest BCUT2D eigenvalue weighted by atomic mass is 32.2. The molecule has 29 heavy (non-hydrogen) atoms. The van der Waals surface area contributed by atoms with Crippen LogP contribution in [0.3, 0.4) is 0 Å². The van der Waals surface area contributed by atoms with Gasteiger partial charge < -0.3 is 10.6 Å². The minimum Gasteiger partial charge on any atom is -0.486 e. The van der Waals surface area contributed by atoms with Crippen molar-refractivity contribution in [2.75, 3.05) is 5.84 Å². The Hall–Kier alpha value is -3.21. The number of para-hydroxylation sites is 2. The lowest BCUT2D eigenvalue weighted by atomic mass is 10.3. The van der Waals surface area contributed by atoms with Crippen molar-refractivity contribution in [3.63, 3.8) is 0 Å². The summed E-state index contributed by atoms with van der Waals surface area (Å²) in [6.45, 7) is -2.70. The molecule has 0 spiro atoms. The molecule has 0 saturated heterocycles. The van der Waals surface area contributed by atoms with Gasteiger partial charge in [0, 0.05) is 0 Å². The highest BCUT2D eigenvalue weighted by molar-refractivity contribution is 7.98. The van der Waals surface area contributed by atoms with Crippen molar-refractivity contribution in [3.8, 4) is 5.75 Å². The van der Waals surface area contributed by atoms with Gasteiger partial charge >= 0.3 is 6.55 Å². The zero-order valence-electron chi connectivity index (χ0n) is 14.9. The number of thioether (sulfide) groups is 1. The van der Waals surface area contributed by atoms with E-state index in [2.05, 4.69) is 15.2 Å². The minimum absolute atomic E-state index is 0.0191. The number of rotatable bonds is 7. The van der Waals surface area contributed by atoms with Crippen molar-refractivity contribution in [2.24, 2.45) is 0 Å². The van der Waals surface area contributed by atoms with Crippen LogP contribution in [0, 0.1) is 5.82 Å². The maximum absolute atomic E-state index is 13.5. The molecule has 0 atom stereocenters. The van der Waals surface area contributed by atoms with Crippen LogP contribution in [0.15, 0.2) is 53.7 Å². The summed E-state index contributed by atoms with van der Waals surface area (Å²) in [7, 11) is 0. The summed E-state index contributed by atoms with van der Waals surface area (Å²) in [6, 6.07) is 12.2. The summed E-state index contributed by atoms with van der Waals surface area (Å²) in [5.41, 5.74) is 0.853. The second-order valence-electron chi connectivity index (χ2n) is 5.96. The quantitative estimate of drug-likeness (QED) is 0.362. The smallest absolute Gasteiger partial charge is 0.320 e. The van der Waals surface area contributed by atoms with E-state index >= 15 is 0 Å². The van der Waals surface area contributed by atoms with Crippen molar-refractivity contribution in [1.82, 2.24) is 24.4 Å². The van der Waals surface area contributed by atoms with Crippen molar-refractivity contribution in [1.29, 1.82) is 0 Å². The predicted molar refractivity (Wildman–Crippen MR) is 101 cm³/mol. The highest BCUT2D eigenvalue weighted by Gasteiger charge is 2.19. The molecule has 7 nitrogen and oxygen atoms in total. The van der Waals surface area contributed by atoms with E-state index in [4.69, 9.17) is 10.6 Å². The van der Waals surface area contributed by atoms with E-state index in [0.29, 0.717) is 27.8 Å². The van der Waals surface area contributed by atoms with Gasteiger partial charge in [-0.15, -0.1) is 10.2 Å². The molecule has 0 radical (unpaired) electrons. The zero-order valence-corrected chi connectivity index (χ0v) is 15.7. The molecule has 0 saturated carbocycles. The number of ether oxygens (including phenoxy) is 1. The number of nitrogens with zero attached hydrogens (tertiary/aromatic N) is 5. The summed E-state index contributed by atoms with van der Waals surface area (Å²) >= 11 is 1.13. The second kappa shape index (κ2) is 8.03. The van der Waals surface area contributed by atoms with Crippen molar-refractivity contribution in [3.05, 3.63) is 66.0 Å². The first-order valence-corrected chi connectivity index (χ1v) is 9.46. The molecule has 150 valence electrons. The lowest BCUT2D eigenvalue weighted by Gasteiger charge is -2.08. The highest BCUT2D eigenvalue weighted by Crippen LogP contribution is 2.27. The first-order valence-electron chi connectivity index (χ1n) is 8.47. The Balaban J connectivity index is 1.46. The molecule has 0 unspecified atom stereocenters. The number of hydrogen-bond donors (Lipinski definition) is 1. The number of nitrogens with two attached hydrogens (primary N) is 1. The van der Waals surface area contributed by atoms with E-state index < -0.39 is 6.55 Å².